The Labute approximate surface area is 89.8 Å². The van der Waals surface area contributed by atoms with Gasteiger partial charge in [-0.3, -0.25) is 0 Å². The van der Waals surface area contributed by atoms with Gasteiger partial charge in [-0.15, -0.1) is 11.3 Å². The van der Waals surface area contributed by atoms with Gasteiger partial charge in [-0.05, 0) is 30.2 Å². The fourth-order valence-electron chi connectivity index (χ4n) is 2.32. The lowest BCUT2D eigenvalue weighted by Gasteiger charge is -2.12. The van der Waals surface area contributed by atoms with Crippen LogP contribution in [0.25, 0.3) is 0 Å². The molecule has 1 unspecified atom stereocenters. The maximum absolute atomic E-state index is 9.88. The zero-order chi connectivity index (χ0) is 9.80. The highest BCUT2D eigenvalue weighted by atomic mass is 32.1. The fourth-order valence-corrected chi connectivity index (χ4v) is 3.06. The summed E-state index contributed by atoms with van der Waals surface area (Å²) in [5.41, 5.74) is 0. The second kappa shape index (κ2) is 4.94. The van der Waals surface area contributed by atoms with Crippen LogP contribution in [0.15, 0.2) is 17.5 Å². The van der Waals surface area contributed by atoms with E-state index >= 15 is 0 Å². The Morgan fingerprint density at radius 2 is 2.21 bits per heavy atom. The van der Waals surface area contributed by atoms with Crippen molar-refractivity contribution in [1.29, 1.82) is 0 Å². The molecule has 1 nitrogen and oxygen atoms in total. The van der Waals surface area contributed by atoms with Gasteiger partial charge < -0.3 is 5.11 Å². The molecule has 1 heterocycles. The Balaban J connectivity index is 1.74. The molecule has 0 bridgehead atoms. The van der Waals surface area contributed by atoms with E-state index in [9.17, 15) is 5.11 Å². The summed E-state index contributed by atoms with van der Waals surface area (Å²) >= 11 is 1.66. The molecule has 1 aliphatic rings. The Bertz CT molecular complexity index is 249. The number of rotatable bonds is 4. The highest BCUT2D eigenvalue weighted by Gasteiger charge is 2.17. The molecule has 1 aliphatic carbocycles. The first-order valence-electron chi connectivity index (χ1n) is 5.58. The van der Waals surface area contributed by atoms with Gasteiger partial charge in [-0.1, -0.05) is 31.7 Å². The molecular weight excluding hydrogens is 192 g/mol. The minimum atomic E-state index is -0.212. The molecule has 2 rings (SSSR count). The summed E-state index contributed by atoms with van der Waals surface area (Å²) in [6.45, 7) is 0. The van der Waals surface area contributed by atoms with Crippen molar-refractivity contribution in [1.82, 2.24) is 0 Å². The molecule has 0 saturated heterocycles. The van der Waals surface area contributed by atoms with Crippen molar-refractivity contribution in [3.8, 4) is 0 Å². The van der Waals surface area contributed by atoms with E-state index in [1.54, 1.807) is 11.3 Å². The molecule has 0 aromatic carbocycles. The molecule has 1 aromatic heterocycles. The van der Waals surface area contributed by atoms with Crippen molar-refractivity contribution < 1.29 is 5.11 Å². The van der Waals surface area contributed by atoms with Crippen molar-refractivity contribution in [2.45, 2.75) is 44.6 Å². The molecule has 0 amide bonds. The average Bonchev–Trinajstić information content (AvgIpc) is 2.87. The second-order valence-corrected chi connectivity index (χ2v) is 5.24. The van der Waals surface area contributed by atoms with Gasteiger partial charge in [-0.2, -0.15) is 0 Å². The summed E-state index contributed by atoms with van der Waals surface area (Å²) in [6.07, 6.45) is 7.52. The highest BCUT2D eigenvalue weighted by molar-refractivity contribution is 7.10. The van der Waals surface area contributed by atoms with Crippen molar-refractivity contribution in [3.63, 3.8) is 0 Å². The molecule has 14 heavy (non-hydrogen) atoms. The maximum atomic E-state index is 9.88. The van der Waals surface area contributed by atoms with Crippen LogP contribution in [-0.4, -0.2) is 5.11 Å². The second-order valence-electron chi connectivity index (χ2n) is 4.26. The van der Waals surface area contributed by atoms with E-state index in [-0.39, 0.29) is 6.10 Å². The number of hydrogen-bond acceptors (Lipinski definition) is 2. The average molecular weight is 210 g/mol. The first-order chi connectivity index (χ1) is 6.86. The van der Waals surface area contributed by atoms with E-state index in [1.807, 2.05) is 17.5 Å². The number of aliphatic hydroxyl groups excluding tert-OH is 1. The fraction of sp³-hybridized carbons (Fsp3) is 0.667. The van der Waals surface area contributed by atoms with Gasteiger partial charge >= 0.3 is 0 Å². The lowest BCUT2D eigenvalue weighted by Crippen LogP contribution is -1.99. The van der Waals surface area contributed by atoms with Crippen LogP contribution in [0.5, 0.6) is 0 Å². The summed E-state index contributed by atoms with van der Waals surface area (Å²) in [5.74, 6) is 0.893. The Morgan fingerprint density at radius 1 is 1.43 bits per heavy atom. The standard InChI is InChI=1S/C12H18OS/c13-11(12-6-3-9-14-12)8-7-10-4-1-2-5-10/h3,6,9-11,13H,1-2,4-5,7-8H2. The number of thiophene rings is 1. The highest BCUT2D eigenvalue weighted by Crippen LogP contribution is 2.32. The summed E-state index contributed by atoms with van der Waals surface area (Å²) in [5, 5.41) is 11.9. The molecule has 1 atom stereocenters. The molecular formula is C12H18OS. The van der Waals surface area contributed by atoms with Gasteiger partial charge in [0.2, 0.25) is 0 Å². The molecule has 0 spiro atoms. The molecule has 1 N–H and O–H groups in total. The third-order valence-corrected chi connectivity index (χ3v) is 4.17. The van der Waals surface area contributed by atoms with Crippen LogP contribution in [0.1, 0.15) is 49.5 Å². The largest absolute Gasteiger partial charge is 0.388 e. The molecule has 0 aliphatic heterocycles. The molecule has 2 heteroatoms. The maximum Gasteiger partial charge on any atom is 0.0882 e. The Morgan fingerprint density at radius 3 is 2.86 bits per heavy atom. The Kier molecular flexibility index (Phi) is 3.60. The van der Waals surface area contributed by atoms with Crippen LogP contribution in [0, 0.1) is 5.92 Å². The van der Waals surface area contributed by atoms with Crippen LogP contribution in [0.4, 0.5) is 0 Å². The van der Waals surface area contributed by atoms with Crippen LogP contribution in [0.2, 0.25) is 0 Å². The third kappa shape index (κ3) is 2.58. The monoisotopic (exact) mass is 210 g/mol. The van der Waals surface area contributed by atoms with Gasteiger partial charge in [-0.25, -0.2) is 0 Å². The van der Waals surface area contributed by atoms with Gasteiger partial charge in [0.05, 0.1) is 6.10 Å². The zero-order valence-electron chi connectivity index (χ0n) is 8.48. The van der Waals surface area contributed by atoms with Crippen molar-refractivity contribution in [2.75, 3.05) is 0 Å². The molecule has 78 valence electrons. The Hall–Kier alpha value is -0.340. The summed E-state index contributed by atoms with van der Waals surface area (Å²) in [6, 6.07) is 4.04. The van der Waals surface area contributed by atoms with Crippen LogP contribution in [-0.2, 0) is 0 Å². The van der Waals surface area contributed by atoms with Crippen LogP contribution >= 0.6 is 11.3 Å². The number of hydrogen-bond donors (Lipinski definition) is 1. The number of aliphatic hydroxyl groups is 1. The lowest BCUT2D eigenvalue weighted by molar-refractivity contribution is 0.160. The summed E-state index contributed by atoms with van der Waals surface area (Å²) < 4.78 is 0. The summed E-state index contributed by atoms with van der Waals surface area (Å²) in [7, 11) is 0. The molecule has 1 aromatic rings. The van der Waals surface area contributed by atoms with Gasteiger partial charge in [0.1, 0.15) is 0 Å². The van der Waals surface area contributed by atoms with Gasteiger partial charge in [0.25, 0.3) is 0 Å². The van der Waals surface area contributed by atoms with E-state index < -0.39 is 0 Å². The minimum Gasteiger partial charge on any atom is -0.388 e. The normalized spacial score (nSPS) is 20.1. The quantitative estimate of drug-likeness (QED) is 0.802. The van der Waals surface area contributed by atoms with Crippen molar-refractivity contribution in [2.24, 2.45) is 5.92 Å². The summed E-state index contributed by atoms with van der Waals surface area (Å²) in [4.78, 5) is 1.13. The van der Waals surface area contributed by atoms with Crippen molar-refractivity contribution >= 4 is 11.3 Å². The predicted molar refractivity (Wildman–Crippen MR) is 60.5 cm³/mol. The first kappa shape index (κ1) is 10.2. The van der Waals surface area contributed by atoms with E-state index in [0.717, 1.165) is 17.2 Å². The van der Waals surface area contributed by atoms with E-state index in [4.69, 9.17) is 0 Å². The van der Waals surface area contributed by atoms with Gasteiger partial charge in [0, 0.05) is 4.88 Å². The smallest absolute Gasteiger partial charge is 0.0882 e. The zero-order valence-corrected chi connectivity index (χ0v) is 9.30. The third-order valence-electron chi connectivity index (χ3n) is 3.19. The molecule has 1 fully saturated rings. The predicted octanol–water partition coefficient (Wildman–Crippen LogP) is 3.75. The van der Waals surface area contributed by atoms with E-state index in [0.29, 0.717) is 0 Å². The lowest BCUT2D eigenvalue weighted by atomic mass is 9.99. The van der Waals surface area contributed by atoms with E-state index in [2.05, 4.69) is 0 Å². The molecule has 0 radical (unpaired) electrons. The van der Waals surface area contributed by atoms with Gasteiger partial charge in [0.15, 0.2) is 0 Å². The van der Waals surface area contributed by atoms with Crippen LogP contribution < -0.4 is 0 Å². The SMILES string of the molecule is OC(CCC1CCCC1)c1cccs1. The first-order valence-corrected chi connectivity index (χ1v) is 6.45. The minimum absolute atomic E-state index is 0.212. The van der Waals surface area contributed by atoms with E-state index in [1.165, 1.54) is 32.1 Å². The molecule has 1 saturated carbocycles. The van der Waals surface area contributed by atoms with Crippen LogP contribution in [0.3, 0.4) is 0 Å². The van der Waals surface area contributed by atoms with Crippen molar-refractivity contribution in [3.05, 3.63) is 22.4 Å². The topological polar surface area (TPSA) is 20.2 Å².